The van der Waals surface area contributed by atoms with Gasteiger partial charge >= 0.3 is 0 Å². The van der Waals surface area contributed by atoms with Gasteiger partial charge in [-0.15, -0.1) is 0 Å². The minimum Gasteiger partial charge on any atom is -0.496 e. The predicted octanol–water partition coefficient (Wildman–Crippen LogP) is 2.92. The van der Waals surface area contributed by atoms with Gasteiger partial charge in [-0.3, -0.25) is 9.59 Å². The molecule has 2 unspecified atom stereocenters. The highest BCUT2D eigenvalue weighted by Gasteiger charge is 2.46. The van der Waals surface area contributed by atoms with Crippen LogP contribution in [0.2, 0.25) is 0 Å². The first kappa shape index (κ1) is 18.5. The summed E-state index contributed by atoms with van der Waals surface area (Å²) in [6.45, 7) is 2.09. The number of rotatable bonds is 4. The fourth-order valence-corrected chi connectivity index (χ4v) is 3.90. The lowest BCUT2D eigenvalue weighted by molar-refractivity contribution is -0.134. The number of benzene rings is 2. The minimum absolute atomic E-state index is 0.0260. The molecule has 2 fully saturated rings. The van der Waals surface area contributed by atoms with Crippen LogP contribution < -0.4 is 4.74 Å². The first-order valence-corrected chi connectivity index (χ1v) is 9.55. The van der Waals surface area contributed by atoms with Gasteiger partial charge in [-0.05, 0) is 42.2 Å². The quantitative estimate of drug-likeness (QED) is 0.817. The molecule has 0 bridgehead atoms. The smallest absolute Gasteiger partial charge is 0.257 e. The lowest BCUT2D eigenvalue weighted by Crippen LogP contribution is -2.51. The number of amides is 2. The van der Waals surface area contributed by atoms with Crippen molar-refractivity contribution in [3.63, 3.8) is 0 Å². The maximum absolute atomic E-state index is 13.1. The van der Waals surface area contributed by atoms with Gasteiger partial charge in [-0.1, -0.05) is 24.3 Å². The van der Waals surface area contributed by atoms with Crippen LogP contribution in [0, 0.1) is 11.7 Å². The zero-order valence-electron chi connectivity index (χ0n) is 15.8. The van der Waals surface area contributed by atoms with Gasteiger partial charge in [0.2, 0.25) is 5.91 Å². The van der Waals surface area contributed by atoms with Crippen LogP contribution in [0.25, 0.3) is 0 Å². The van der Waals surface area contributed by atoms with Crippen molar-refractivity contribution in [3.05, 3.63) is 65.5 Å². The van der Waals surface area contributed by atoms with Crippen molar-refractivity contribution in [1.82, 2.24) is 9.80 Å². The molecule has 1 aliphatic carbocycles. The van der Waals surface area contributed by atoms with E-state index in [0.717, 1.165) is 12.0 Å². The summed E-state index contributed by atoms with van der Waals surface area (Å²) in [6.07, 6.45) is 0.810. The number of piperazine rings is 1. The third kappa shape index (κ3) is 3.59. The molecule has 146 valence electrons. The highest BCUT2D eigenvalue weighted by molar-refractivity contribution is 5.97. The van der Waals surface area contributed by atoms with E-state index in [-0.39, 0.29) is 29.5 Å². The van der Waals surface area contributed by atoms with Gasteiger partial charge in [0.25, 0.3) is 5.91 Å². The summed E-state index contributed by atoms with van der Waals surface area (Å²) in [4.78, 5) is 29.2. The van der Waals surface area contributed by atoms with Gasteiger partial charge in [-0.2, -0.15) is 0 Å². The molecule has 1 saturated carbocycles. The molecule has 2 aromatic rings. The Balaban J connectivity index is 1.34. The fraction of sp³-hybridized carbons (Fsp3) is 0.364. The van der Waals surface area contributed by atoms with E-state index in [1.165, 1.54) is 12.1 Å². The van der Waals surface area contributed by atoms with Gasteiger partial charge in [0, 0.05) is 32.1 Å². The molecule has 2 aromatic carbocycles. The molecule has 1 heterocycles. The van der Waals surface area contributed by atoms with Gasteiger partial charge in [0.1, 0.15) is 11.6 Å². The second-order valence-electron chi connectivity index (χ2n) is 7.32. The summed E-state index contributed by atoms with van der Waals surface area (Å²) in [5.41, 5.74) is 1.56. The van der Waals surface area contributed by atoms with Crippen LogP contribution in [0.5, 0.6) is 5.75 Å². The monoisotopic (exact) mass is 382 g/mol. The molecule has 2 amide bonds. The largest absolute Gasteiger partial charge is 0.496 e. The van der Waals surface area contributed by atoms with Gasteiger partial charge < -0.3 is 14.5 Å². The summed E-state index contributed by atoms with van der Waals surface area (Å²) in [5, 5.41) is 0. The molecular weight excluding hydrogens is 359 g/mol. The van der Waals surface area contributed by atoms with E-state index in [1.807, 2.05) is 17.0 Å². The van der Waals surface area contributed by atoms with E-state index in [1.54, 1.807) is 36.3 Å². The Kier molecular flexibility index (Phi) is 5.03. The van der Waals surface area contributed by atoms with Crippen LogP contribution in [0.1, 0.15) is 28.3 Å². The maximum atomic E-state index is 13.1. The van der Waals surface area contributed by atoms with Crippen LogP contribution in [-0.2, 0) is 4.79 Å². The molecular formula is C22H23FN2O3. The van der Waals surface area contributed by atoms with E-state index in [4.69, 9.17) is 4.74 Å². The summed E-state index contributed by atoms with van der Waals surface area (Å²) >= 11 is 0. The van der Waals surface area contributed by atoms with Crippen LogP contribution in [0.15, 0.2) is 48.5 Å². The molecule has 1 saturated heterocycles. The number of hydrogen-bond acceptors (Lipinski definition) is 3. The van der Waals surface area contributed by atoms with Crippen LogP contribution in [0.4, 0.5) is 4.39 Å². The van der Waals surface area contributed by atoms with Crippen molar-refractivity contribution >= 4 is 11.8 Å². The summed E-state index contributed by atoms with van der Waals surface area (Å²) in [6, 6.07) is 13.6. The highest BCUT2D eigenvalue weighted by atomic mass is 19.1. The van der Waals surface area contributed by atoms with Crippen molar-refractivity contribution < 1.29 is 18.7 Å². The molecule has 5 nitrogen and oxygen atoms in total. The third-order valence-corrected chi connectivity index (χ3v) is 5.62. The Labute approximate surface area is 163 Å². The van der Waals surface area contributed by atoms with Crippen LogP contribution in [-0.4, -0.2) is 54.9 Å². The third-order valence-electron chi connectivity index (χ3n) is 5.62. The van der Waals surface area contributed by atoms with Gasteiger partial charge in [-0.25, -0.2) is 4.39 Å². The van der Waals surface area contributed by atoms with E-state index in [9.17, 15) is 14.0 Å². The lowest BCUT2D eigenvalue weighted by Gasteiger charge is -2.35. The van der Waals surface area contributed by atoms with Crippen molar-refractivity contribution in [1.29, 1.82) is 0 Å². The number of carbonyl (C=O) groups excluding carboxylic acids is 2. The Morgan fingerprint density at radius 3 is 2.29 bits per heavy atom. The number of ether oxygens (including phenoxy) is 1. The van der Waals surface area contributed by atoms with E-state index in [0.29, 0.717) is 37.5 Å². The number of methoxy groups -OCH3 is 1. The minimum atomic E-state index is -0.261. The molecule has 28 heavy (non-hydrogen) atoms. The standard InChI is InChI=1S/C22H23FN2O3/c1-28-20-5-3-2-4-17(20)21(26)24-10-12-25(13-11-24)22(27)19-14-18(19)15-6-8-16(23)9-7-15/h2-9,18-19H,10-14H2,1H3. The predicted molar refractivity (Wildman–Crippen MR) is 103 cm³/mol. The fourth-order valence-electron chi connectivity index (χ4n) is 3.90. The second-order valence-corrected chi connectivity index (χ2v) is 7.32. The normalized spacial score (nSPS) is 21.4. The molecule has 0 aromatic heterocycles. The van der Waals surface area contributed by atoms with E-state index >= 15 is 0 Å². The number of nitrogens with zero attached hydrogens (tertiary/aromatic N) is 2. The average Bonchev–Trinajstić information content (AvgIpc) is 3.54. The van der Waals surface area contributed by atoms with Crippen molar-refractivity contribution in [2.75, 3.05) is 33.3 Å². The SMILES string of the molecule is COc1ccccc1C(=O)N1CCN(C(=O)C2CC2c2ccc(F)cc2)CC1. The molecule has 4 rings (SSSR count). The van der Waals surface area contributed by atoms with Crippen molar-refractivity contribution in [2.24, 2.45) is 5.92 Å². The summed E-state index contributed by atoms with van der Waals surface area (Å²) < 4.78 is 18.4. The molecule has 0 radical (unpaired) electrons. The second kappa shape index (κ2) is 7.62. The Hall–Kier alpha value is -2.89. The van der Waals surface area contributed by atoms with Gasteiger partial charge in [0.05, 0.1) is 12.7 Å². The topological polar surface area (TPSA) is 49.9 Å². The van der Waals surface area contributed by atoms with Crippen molar-refractivity contribution in [2.45, 2.75) is 12.3 Å². The molecule has 0 spiro atoms. The lowest BCUT2D eigenvalue weighted by atomic mass is 10.1. The first-order chi connectivity index (χ1) is 13.6. The highest BCUT2D eigenvalue weighted by Crippen LogP contribution is 2.48. The van der Waals surface area contributed by atoms with Gasteiger partial charge in [0.15, 0.2) is 0 Å². The van der Waals surface area contributed by atoms with Crippen LogP contribution >= 0.6 is 0 Å². The zero-order chi connectivity index (χ0) is 19.7. The van der Waals surface area contributed by atoms with E-state index in [2.05, 4.69) is 0 Å². The zero-order valence-corrected chi connectivity index (χ0v) is 15.8. The molecule has 0 N–H and O–H groups in total. The maximum Gasteiger partial charge on any atom is 0.257 e. The number of carbonyl (C=O) groups is 2. The van der Waals surface area contributed by atoms with Crippen molar-refractivity contribution in [3.8, 4) is 5.75 Å². The first-order valence-electron chi connectivity index (χ1n) is 9.55. The average molecular weight is 382 g/mol. The molecule has 2 atom stereocenters. The van der Waals surface area contributed by atoms with E-state index < -0.39 is 0 Å². The summed E-state index contributed by atoms with van der Waals surface area (Å²) in [5.74, 6) is 0.524. The number of hydrogen-bond donors (Lipinski definition) is 0. The number of para-hydroxylation sites is 1. The molecule has 6 heteroatoms. The summed E-state index contributed by atoms with van der Waals surface area (Å²) in [7, 11) is 1.55. The Bertz CT molecular complexity index is 876. The molecule has 1 aliphatic heterocycles. The molecule has 2 aliphatic rings. The van der Waals surface area contributed by atoms with Crippen LogP contribution in [0.3, 0.4) is 0 Å². The Morgan fingerprint density at radius 1 is 0.964 bits per heavy atom. The Morgan fingerprint density at radius 2 is 1.61 bits per heavy atom. The number of halogens is 1.